The number of carbonyl (C=O) groups is 3. The van der Waals surface area contributed by atoms with Gasteiger partial charge in [-0.3, -0.25) is 29.9 Å². The van der Waals surface area contributed by atoms with Gasteiger partial charge in [0.05, 0.1) is 32.3 Å². The van der Waals surface area contributed by atoms with Crippen LogP contribution in [0.25, 0.3) is 10.8 Å². The van der Waals surface area contributed by atoms with Crippen LogP contribution in [0.4, 0.5) is 5.82 Å². The third-order valence-electron chi connectivity index (χ3n) is 7.03. The Morgan fingerprint density at radius 1 is 1.12 bits per heavy atom. The molecule has 4 N–H and O–H groups in total. The number of likely N-dealkylation sites (tertiary alicyclic amines) is 1. The second kappa shape index (κ2) is 15.3. The van der Waals surface area contributed by atoms with Crippen LogP contribution in [0.1, 0.15) is 37.3 Å². The topological polar surface area (TPSA) is 136 Å². The van der Waals surface area contributed by atoms with Crippen molar-refractivity contribution < 1.29 is 23.9 Å². The number of carbonyl (C=O) groups excluding carboxylic acids is 3. The summed E-state index contributed by atoms with van der Waals surface area (Å²) in [5, 5.41) is 7.46. The number of fused-ring (bicyclic) bond motifs is 1. The average Bonchev–Trinajstić information content (AvgIpc) is 3.42. The molecule has 10 nitrogen and oxygen atoms in total. The van der Waals surface area contributed by atoms with E-state index < -0.39 is 24.0 Å². The molecule has 1 aliphatic heterocycles. The maximum absolute atomic E-state index is 13.3. The Kier molecular flexibility index (Phi) is 11.9. The van der Waals surface area contributed by atoms with Crippen molar-refractivity contribution >= 4 is 46.8 Å². The largest absolute Gasteiger partial charge is 0.497 e. The SMILES string of the molecule is CCCOC(=O)CN[C@H](Cc1ccc(OC)cc1)C(=O)NC(=O)[C@@H]1CCCN1Cc1ccc2c(N)nccc2c1.Cl. The van der Waals surface area contributed by atoms with E-state index in [-0.39, 0.29) is 31.3 Å². The first-order chi connectivity index (χ1) is 19.4. The number of ether oxygens (including phenoxy) is 2. The molecule has 1 aliphatic rings. The van der Waals surface area contributed by atoms with Crippen LogP contribution in [0, 0.1) is 0 Å². The van der Waals surface area contributed by atoms with Crippen LogP contribution in [-0.4, -0.2) is 66.6 Å². The van der Waals surface area contributed by atoms with Crippen LogP contribution >= 0.6 is 12.4 Å². The Bertz CT molecular complexity index is 1340. The number of pyridine rings is 1. The van der Waals surface area contributed by atoms with Crippen molar-refractivity contribution in [3.63, 3.8) is 0 Å². The molecule has 0 unspecified atom stereocenters. The quantitative estimate of drug-likeness (QED) is 0.275. The van der Waals surface area contributed by atoms with Gasteiger partial charge >= 0.3 is 5.97 Å². The van der Waals surface area contributed by atoms with Gasteiger partial charge in [0.1, 0.15) is 11.6 Å². The number of hydrogen-bond donors (Lipinski definition) is 3. The Morgan fingerprint density at radius 3 is 2.61 bits per heavy atom. The highest BCUT2D eigenvalue weighted by molar-refractivity contribution is 6.00. The number of nitrogen functional groups attached to an aromatic ring is 1. The van der Waals surface area contributed by atoms with E-state index in [1.54, 1.807) is 25.4 Å². The van der Waals surface area contributed by atoms with Gasteiger partial charge in [0.15, 0.2) is 0 Å². The van der Waals surface area contributed by atoms with E-state index in [2.05, 4.69) is 26.6 Å². The summed E-state index contributed by atoms with van der Waals surface area (Å²) in [7, 11) is 1.58. The molecule has 3 aromatic rings. The first kappa shape index (κ1) is 31.8. The predicted octanol–water partition coefficient (Wildman–Crippen LogP) is 3.01. The predicted molar refractivity (Wildman–Crippen MR) is 160 cm³/mol. The molecule has 4 rings (SSSR count). The summed E-state index contributed by atoms with van der Waals surface area (Å²) >= 11 is 0. The van der Waals surface area contributed by atoms with Crippen molar-refractivity contribution in [2.75, 3.05) is 32.5 Å². The van der Waals surface area contributed by atoms with Gasteiger partial charge in [-0.05, 0) is 73.0 Å². The van der Waals surface area contributed by atoms with E-state index in [1.807, 2.05) is 37.3 Å². The van der Waals surface area contributed by atoms with Crippen molar-refractivity contribution in [3.8, 4) is 5.75 Å². The van der Waals surface area contributed by atoms with E-state index in [0.29, 0.717) is 37.6 Å². The van der Waals surface area contributed by atoms with Gasteiger partial charge < -0.3 is 15.2 Å². The van der Waals surface area contributed by atoms with E-state index >= 15 is 0 Å². The van der Waals surface area contributed by atoms with Gasteiger partial charge in [0.25, 0.3) is 0 Å². The van der Waals surface area contributed by atoms with Crippen LogP contribution in [0.5, 0.6) is 5.75 Å². The van der Waals surface area contributed by atoms with E-state index in [1.165, 1.54) is 0 Å². The molecule has 0 bridgehead atoms. The van der Waals surface area contributed by atoms with Crippen molar-refractivity contribution in [1.82, 2.24) is 20.5 Å². The highest BCUT2D eigenvalue weighted by atomic mass is 35.5. The average molecular weight is 584 g/mol. The fraction of sp³-hybridized carbons (Fsp3) is 0.400. The van der Waals surface area contributed by atoms with Gasteiger partial charge in [0, 0.05) is 18.1 Å². The van der Waals surface area contributed by atoms with Crippen LogP contribution in [0.15, 0.2) is 54.7 Å². The number of anilines is 1. The first-order valence-corrected chi connectivity index (χ1v) is 13.6. The second-order valence-electron chi connectivity index (χ2n) is 9.94. The molecule has 41 heavy (non-hydrogen) atoms. The van der Waals surface area contributed by atoms with Gasteiger partial charge in [-0.1, -0.05) is 31.2 Å². The number of amides is 2. The normalized spacial score (nSPS) is 15.6. The van der Waals surface area contributed by atoms with Crippen LogP contribution < -0.4 is 21.1 Å². The maximum atomic E-state index is 13.3. The summed E-state index contributed by atoms with van der Waals surface area (Å²) in [4.78, 5) is 44.9. The van der Waals surface area contributed by atoms with Gasteiger partial charge in [0.2, 0.25) is 11.8 Å². The number of aromatic nitrogens is 1. The van der Waals surface area contributed by atoms with Crippen molar-refractivity contribution in [2.45, 2.75) is 51.2 Å². The number of nitrogens with zero attached hydrogens (tertiary/aromatic N) is 2. The first-order valence-electron chi connectivity index (χ1n) is 13.6. The van der Waals surface area contributed by atoms with Crippen molar-refractivity contribution in [1.29, 1.82) is 0 Å². The Labute approximate surface area is 246 Å². The number of imide groups is 1. The molecule has 2 aromatic carbocycles. The molecular formula is C30H38ClN5O5. The number of methoxy groups -OCH3 is 1. The number of benzene rings is 2. The molecule has 0 radical (unpaired) electrons. The highest BCUT2D eigenvalue weighted by Gasteiger charge is 2.33. The van der Waals surface area contributed by atoms with Crippen LogP contribution in [0.3, 0.4) is 0 Å². The highest BCUT2D eigenvalue weighted by Crippen LogP contribution is 2.24. The lowest BCUT2D eigenvalue weighted by atomic mass is 10.0. The van der Waals surface area contributed by atoms with Crippen molar-refractivity contribution in [2.24, 2.45) is 0 Å². The molecule has 2 amide bonds. The minimum atomic E-state index is -0.805. The van der Waals surface area contributed by atoms with E-state index in [0.717, 1.165) is 34.9 Å². The second-order valence-corrected chi connectivity index (χ2v) is 9.94. The van der Waals surface area contributed by atoms with E-state index in [4.69, 9.17) is 15.2 Å². The fourth-order valence-corrected chi connectivity index (χ4v) is 4.92. The number of halogens is 1. The number of nitrogens with two attached hydrogens (primary N) is 1. The lowest BCUT2D eigenvalue weighted by Crippen LogP contribution is -2.52. The summed E-state index contributed by atoms with van der Waals surface area (Å²) in [6.45, 7) is 3.40. The van der Waals surface area contributed by atoms with Crippen LogP contribution in [0.2, 0.25) is 0 Å². The summed E-state index contributed by atoms with van der Waals surface area (Å²) in [5.41, 5.74) is 7.89. The number of rotatable bonds is 12. The molecular weight excluding hydrogens is 546 g/mol. The summed E-state index contributed by atoms with van der Waals surface area (Å²) in [6.07, 6.45) is 4.18. The fourth-order valence-electron chi connectivity index (χ4n) is 4.92. The minimum Gasteiger partial charge on any atom is -0.497 e. The number of nitrogens with one attached hydrogen (secondary N) is 2. The molecule has 1 saturated heterocycles. The van der Waals surface area contributed by atoms with Gasteiger partial charge in [-0.25, -0.2) is 4.98 Å². The molecule has 1 fully saturated rings. The van der Waals surface area contributed by atoms with E-state index in [9.17, 15) is 14.4 Å². The Balaban J connectivity index is 0.00000462. The molecule has 0 aliphatic carbocycles. The summed E-state index contributed by atoms with van der Waals surface area (Å²) in [6, 6.07) is 14.0. The zero-order chi connectivity index (χ0) is 28.5. The molecule has 0 saturated carbocycles. The monoisotopic (exact) mass is 583 g/mol. The molecule has 220 valence electrons. The van der Waals surface area contributed by atoms with Gasteiger partial charge in [-0.15, -0.1) is 12.4 Å². The number of esters is 1. The molecule has 1 aromatic heterocycles. The zero-order valence-electron chi connectivity index (χ0n) is 23.4. The molecule has 2 atom stereocenters. The third-order valence-corrected chi connectivity index (χ3v) is 7.03. The smallest absolute Gasteiger partial charge is 0.319 e. The van der Waals surface area contributed by atoms with Crippen LogP contribution in [-0.2, 0) is 32.1 Å². The minimum absolute atomic E-state index is 0. The molecule has 2 heterocycles. The Morgan fingerprint density at radius 2 is 1.88 bits per heavy atom. The zero-order valence-corrected chi connectivity index (χ0v) is 24.2. The van der Waals surface area contributed by atoms with Gasteiger partial charge in [-0.2, -0.15) is 0 Å². The van der Waals surface area contributed by atoms with Crippen molar-refractivity contribution in [3.05, 3.63) is 65.9 Å². The molecule has 0 spiro atoms. The number of hydrogen-bond acceptors (Lipinski definition) is 9. The lowest BCUT2D eigenvalue weighted by Gasteiger charge is -2.25. The lowest BCUT2D eigenvalue weighted by molar-refractivity contribution is -0.142. The standard InChI is InChI=1S/C30H37N5O5.ClH/c1-3-15-40-27(36)18-33-25(17-20-6-9-23(39-2)10-7-20)29(37)34-30(38)26-5-4-14-35(26)19-21-8-11-24-22(16-21)12-13-32-28(24)31;/h6-13,16,25-26,33H,3-5,14-15,17-19H2,1-2H3,(H2,31,32)(H,34,37,38);1H/t25-,26+;/m1./s1. The Hall–Kier alpha value is -3.73. The maximum Gasteiger partial charge on any atom is 0.319 e. The third kappa shape index (κ3) is 8.63. The molecule has 11 heteroatoms. The summed E-state index contributed by atoms with van der Waals surface area (Å²) in [5.74, 6) is -0.0895. The summed E-state index contributed by atoms with van der Waals surface area (Å²) < 4.78 is 10.3.